The third-order valence-corrected chi connectivity index (χ3v) is 6.00. The topological polar surface area (TPSA) is 55.8 Å². The maximum atomic E-state index is 13.3. The van der Waals surface area contributed by atoms with Crippen LogP contribution in [0.15, 0.2) is 72.8 Å². The van der Waals surface area contributed by atoms with E-state index in [9.17, 15) is 9.59 Å². The Morgan fingerprint density at radius 2 is 1.52 bits per heavy atom. The molecule has 0 saturated carbocycles. The summed E-state index contributed by atoms with van der Waals surface area (Å²) in [5.74, 6) is -0.0447. The van der Waals surface area contributed by atoms with Gasteiger partial charge in [0.15, 0.2) is 6.10 Å². The molecular weight excluding hydrogens is 390 g/mol. The number of rotatable bonds is 3. The number of nitrogens with zero attached hydrogens (tertiary/aromatic N) is 1. The molecule has 31 heavy (non-hydrogen) atoms. The standard InChI is InChI=1S/C26H23NO4/c1-16-15-18-9-3-6-12-21(18)27(16)25(28)17(2)30-26(29)24-19-10-4-7-13-22(19)31-23-14-8-5-11-20(23)24/h3-14,16-17,24H,15H2,1-2H3/t16-,17+/m0/s1. The normalized spacial score (nSPS) is 17.7. The number of anilines is 1. The number of carbonyl (C=O) groups excluding carboxylic acids is 2. The molecule has 0 saturated heterocycles. The van der Waals surface area contributed by atoms with Gasteiger partial charge in [-0.15, -0.1) is 0 Å². The highest BCUT2D eigenvalue weighted by atomic mass is 16.5. The van der Waals surface area contributed by atoms with Gasteiger partial charge in [0.25, 0.3) is 5.91 Å². The minimum Gasteiger partial charge on any atom is -0.457 e. The molecule has 2 heterocycles. The molecule has 0 N–H and O–H groups in total. The summed E-state index contributed by atoms with van der Waals surface area (Å²) >= 11 is 0. The summed E-state index contributed by atoms with van der Waals surface area (Å²) in [5.41, 5.74) is 3.51. The van der Waals surface area contributed by atoms with Gasteiger partial charge in [0, 0.05) is 22.9 Å². The van der Waals surface area contributed by atoms with Gasteiger partial charge in [-0.1, -0.05) is 54.6 Å². The fraction of sp³-hybridized carbons (Fsp3) is 0.231. The number of benzene rings is 3. The Morgan fingerprint density at radius 1 is 0.935 bits per heavy atom. The Bertz CT molecular complexity index is 1130. The average molecular weight is 413 g/mol. The lowest BCUT2D eigenvalue weighted by Crippen LogP contribution is -2.43. The van der Waals surface area contributed by atoms with Crippen LogP contribution in [0.2, 0.25) is 0 Å². The Labute approximate surface area is 181 Å². The van der Waals surface area contributed by atoms with Crippen LogP contribution in [0, 0.1) is 0 Å². The zero-order chi connectivity index (χ0) is 21.5. The van der Waals surface area contributed by atoms with Crippen LogP contribution in [0.3, 0.4) is 0 Å². The molecule has 5 heteroatoms. The number of amides is 1. The van der Waals surface area contributed by atoms with Crippen LogP contribution in [0.25, 0.3) is 0 Å². The van der Waals surface area contributed by atoms with E-state index in [4.69, 9.17) is 9.47 Å². The molecule has 5 nitrogen and oxygen atoms in total. The first kappa shape index (κ1) is 19.4. The summed E-state index contributed by atoms with van der Waals surface area (Å²) in [6.45, 7) is 3.66. The largest absolute Gasteiger partial charge is 0.457 e. The second-order valence-electron chi connectivity index (χ2n) is 8.08. The van der Waals surface area contributed by atoms with Gasteiger partial charge in [-0.25, -0.2) is 0 Å². The summed E-state index contributed by atoms with van der Waals surface area (Å²) in [6.07, 6.45) is -0.105. The molecule has 5 rings (SSSR count). The SMILES string of the molecule is C[C@@H](OC(=O)C1c2ccccc2Oc2ccccc21)C(=O)N1c2ccccc2C[C@@H]1C. The molecule has 156 valence electrons. The molecule has 0 fully saturated rings. The maximum Gasteiger partial charge on any atom is 0.318 e. The van der Waals surface area contributed by atoms with Crippen LogP contribution < -0.4 is 9.64 Å². The van der Waals surface area contributed by atoms with E-state index in [0.717, 1.165) is 28.8 Å². The number of esters is 1. The Kier molecular flexibility index (Phi) is 4.74. The molecule has 3 aromatic rings. The van der Waals surface area contributed by atoms with Crippen molar-refractivity contribution in [3.8, 4) is 11.5 Å². The quantitative estimate of drug-likeness (QED) is 0.577. The van der Waals surface area contributed by atoms with E-state index in [2.05, 4.69) is 0 Å². The van der Waals surface area contributed by atoms with Crippen molar-refractivity contribution < 1.29 is 19.1 Å². The van der Waals surface area contributed by atoms with Gasteiger partial charge in [0.1, 0.15) is 17.4 Å². The molecule has 2 aliphatic heterocycles. The number of hydrogen-bond donors (Lipinski definition) is 0. The fourth-order valence-electron chi connectivity index (χ4n) is 4.55. The Balaban J connectivity index is 1.41. The van der Waals surface area contributed by atoms with Crippen molar-refractivity contribution in [1.82, 2.24) is 0 Å². The van der Waals surface area contributed by atoms with Gasteiger partial charge in [-0.3, -0.25) is 9.59 Å². The second kappa shape index (κ2) is 7.58. The number of ether oxygens (including phenoxy) is 2. The smallest absolute Gasteiger partial charge is 0.318 e. The first-order valence-electron chi connectivity index (χ1n) is 10.5. The molecule has 2 aliphatic rings. The monoisotopic (exact) mass is 413 g/mol. The van der Waals surface area contributed by atoms with E-state index in [0.29, 0.717) is 11.5 Å². The number of fused-ring (bicyclic) bond motifs is 3. The third kappa shape index (κ3) is 3.26. The third-order valence-electron chi connectivity index (χ3n) is 6.00. The minimum atomic E-state index is -0.900. The average Bonchev–Trinajstić information content (AvgIpc) is 3.12. The van der Waals surface area contributed by atoms with Crippen LogP contribution in [0.4, 0.5) is 5.69 Å². The Hall–Kier alpha value is -3.60. The molecule has 0 aromatic heterocycles. The lowest BCUT2D eigenvalue weighted by Gasteiger charge is -2.29. The zero-order valence-corrected chi connectivity index (χ0v) is 17.4. The van der Waals surface area contributed by atoms with Crippen molar-refractivity contribution in [2.45, 2.75) is 38.3 Å². The first-order valence-corrected chi connectivity index (χ1v) is 10.5. The van der Waals surface area contributed by atoms with Crippen LogP contribution in [-0.4, -0.2) is 24.0 Å². The van der Waals surface area contributed by atoms with E-state index in [1.54, 1.807) is 11.8 Å². The molecular formula is C26H23NO4. The first-order chi connectivity index (χ1) is 15.0. The van der Waals surface area contributed by atoms with E-state index < -0.39 is 18.0 Å². The summed E-state index contributed by atoms with van der Waals surface area (Å²) in [4.78, 5) is 28.3. The molecule has 0 aliphatic carbocycles. The van der Waals surface area contributed by atoms with Gasteiger partial charge in [0.2, 0.25) is 0 Å². The molecule has 2 atom stereocenters. The summed E-state index contributed by atoms with van der Waals surface area (Å²) in [5, 5.41) is 0. The predicted molar refractivity (Wildman–Crippen MR) is 117 cm³/mol. The minimum absolute atomic E-state index is 0.0237. The van der Waals surface area contributed by atoms with Crippen LogP contribution in [0.5, 0.6) is 11.5 Å². The van der Waals surface area contributed by atoms with Crippen molar-refractivity contribution in [3.63, 3.8) is 0 Å². The van der Waals surface area contributed by atoms with Crippen LogP contribution in [-0.2, 0) is 20.7 Å². The van der Waals surface area contributed by atoms with Crippen molar-refractivity contribution >= 4 is 17.6 Å². The van der Waals surface area contributed by atoms with E-state index >= 15 is 0 Å². The number of carbonyl (C=O) groups is 2. The number of hydrogen-bond acceptors (Lipinski definition) is 4. The molecule has 3 aromatic carbocycles. The second-order valence-corrected chi connectivity index (χ2v) is 8.08. The summed E-state index contributed by atoms with van der Waals surface area (Å²) in [6, 6.07) is 22.8. The highest BCUT2D eigenvalue weighted by Gasteiger charge is 2.38. The lowest BCUT2D eigenvalue weighted by molar-refractivity contribution is -0.154. The maximum absolute atomic E-state index is 13.3. The van der Waals surface area contributed by atoms with Crippen molar-refractivity contribution in [3.05, 3.63) is 89.5 Å². The van der Waals surface area contributed by atoms with E-state index in [1.165, 1.54) is 0 Å². The highest BCUT2D eigenvalue weighted by Crippen LogP contribution is 2.44. The van der Waals surface area contributed by atoms with Gasteiger partial charge in [0.05, 0.1) is 0 Å². The van der Waals surface area contributed by atoms with Crippen molar-refractivity contribution in [2.75, 3.05) is 4.90 Å². The zero-order valence-electron chi connectivity index (χ0n) is 17.4. The lowest BCUT2D eigenvalue weighted by atomic mass is 9.88. The molecule has 0 bridgehead atoms. The van der Waals surface area contributed by atoms with Crippen molar-refractivity contribution in [2.24, 2.45) is 0 Å². The molecule has 0 spiro atoms. The van der Waals surface area contributed by atoms with Gasteiger partial charge in [-0.05, 0) is 44.0 Å². The number of para-hydroxylation sites is 3. The fourth-order valence-corrected chi connectivity index (χ4v) is 4.55. The van der Waals surface area contributed by atoms with Crippen LogP contribution >= 0.6 is 0 Å². The van der Waals surface area contributed by atoms with Crippen molar-refractivity contribution in [1.29, 1.82) is 0 Å². The van der Waals surface area contributed by atoms with Gasteiger partial charge in [-0.2, -0.15) is 0 Å². The van der Waals surface area contributed by atoms with E-state index in [1.807, 2.05) is 79.7 Å². The van der Waals surface area contributed by atoms with E-state index in [-0.39, 0.29) is 11.9 Å². The van der Waals surface area contributed by atoms with Gasteiger partial charge >= 0.3 is 5.97 Å². The predicted octanol–water partition coefficient (Wildman–Crippen LogP) is 4.83. The molecule has 0 unspecified atom stereocenters. The Morgan fingerprint density at radius 3 is 2.19 bits per heavy atom. The summed E-state index contributed by atoms with van der Waals surface area (Å²) in [7, 11) is 0. The molecule has 1 amide bonds. The summed E-state index contributed by atoms with van der Waals surface area (Å²) < 4.78 is 11.7. The highest BCUT2D eigenvalue weighted by molar-refractivity contribution is 6.00. The van der Waals surface area contributed by atoms with Crippen LogP contribution in [0.1, 0.15) is 36.5 Å². The molecule has 0 radical (unpaired) electrons. The van der Waals surface area contributed by atoms with Gasteiger partial charge < -0.3 is 14.4 Å².